The summed E-state index contributed by atoms with van der Waals surface area (Å²) in [6.07, 6.45) is 6.49. The minimum Gasteiger partial charge on any atom is -0.469 e. The van der Waals surface area contributed by atoms with Gasteiger partial charge < -0.3 is 19.5 Å². The largest absolute Gasteiger partial charge is 0.469 e. The van der Waals surface area contributed by atoms with Crippen molar-refractivity contribution in [1.29, 1.82) is 0 Å². The lowest BCUT2D eigenvalue weighted by Crippen LogP contribution is -2.37. The van der Waals surface area contributed by atoms with Gasteiger partial charge in [-0.05, 0) is 40.2 Å². The Morgan fingerprint density at radius 3 is 2.92 bits per heavy atom. The number of imidazole rings is 1. The van der Waals surface area contributed by atoms with Gasteiger partial charge >= 0.3 is 0 Å². The van der Waals surface area contributed by atoms with Crippen molar-refractivity contribution in [3.05, 3.63) is 58.8 Å². The molecule has 8 heteroatoms. The molecule has 3 aromatic rings. The van der Waals surface area contributed by atoms with Crippen molar-refractivity contribution in [1.82, 2.24) is 20.0 Å². The first-order chi connectivity index (χ1) is 11.2. The molecule has 3 aromatic heterocycles. The minimum absolute atomic E-state index is 0. The van der Waals surface area contributed by atoms with Crippen LogP contribution in [0.2, 0.25) is 0 Å². The second-order valence-corrected chi connectivity index (χ2v) is 5.94. The van der Waals surface area contributed by atoms with Gasteiger partial charge in [-0.3, -0.25) is 4.99 Å². The van der Waals surface area contributed by atoms with Crippen LogP contribution in [0.4, 0.5) is 0 Å². The quantitative estimate of drug-likeness (QED) is 0.319. The average molecular weight is 504 g/mol. The molecule has 0 unspecified atom stereocenters. The lowest BCUT2D eigenvalue weighted by atomic mass is 10.3. The van der Waals surface area contributed by atoms with Crippen molar-refractivity contribution >= 4 is 51.5 Å². The van der Waals surface area contributed by atoms with Gasteiger partial charge in [-0.2, -0.15) is 0 Å². The van der Waals surface area contributed by atoms with Crippen molar-refractivity contribution in [2.24, 2.45) is 4.99 Å². The number of fused-ring (bicyclic) bond motifs is 1. The van der Waals surface area contributed by atoms with Gasteiger partial charge in [0, 0.05) is 36.9 Å². The van der Waals surface area contributed by atoms with Crippen LogP contribution in [0.3, 0.4) is 0 Å². The Morgan fingerprint density at radius 1 is 1.29 bits per heavy atom. The third kappa shape index (κ3) is 4.97. The van der Waals surface area contributed by atoms with Crippen molar-refractivity contribution in [2.75, 3.05) is 13.6 Å². The lowest BCUT2D eigenvalue weighted by molar-refractivity contribution is 0.507. The first-order valence-electron chi connectivity index (χ1n) is 7.34. The maximum absolute atomic E-state index is 5.30. The van der Waals surface area contributed by atoms with Gasteiger partial charge in [-0.1, -0.05) is 0 Å². The molecule has 0 spiro atoms. The highest BCUT2D eigenvalue weighted by Crippen LogP contribution is 2.12. The van der Waals surface area contributed by atoms with Gasteiger partial charge in [0.1, 0.15) is 11.4 Å². The Hall–Kier alpha value is -1.55. The molecule has 3 heterocycles. The first-order valence-corrected chi connectivity index (χ1v) is 8.14. The third-order valence-electron chi connectivity index (χ3n) is 3.37. The monoisotopic (exact) mass is 503 g/mol. The zero-order chi connectivity index (χ0) is 16.1. The summed E-state index contributed by atoms with van der Waals surface area (Å²) >= 11 is 3.46. The van der Waals surface area contributed by atoms with E-state index in [1.54, 1.807) is 13.3 Å². The Balaban J connectivity index is 0.00000208. The van der Waals surface area contributed by atoms with E-state index in [1.165, 1.54) is 0 Å². The van der Waals surface area contributed by atoms with E-state index in [1.807, 2.05) is 41.1 Å². The summed E-state index contributed by atoms with van der Waals surface area (Å²) in [4.78, 5) is 8.77. The predicted octanol–water partition coefficient (Wildman–Crippen LogP) is 3.22. The molecule has 3 rings (SSSR count). The third-order valence-corrected chi connectivity index (χ3v) is 3.84. The highest BCUT2D eigenvalue weighted by molar-refractivity contribution is 14.0. The van der Waals surface area contributed by atoms with Crippen LogP contribution in [0.5, 0.6) is 0 Å². The molecule has 0 bridgehead atoms. The summed E-state index contributed by atoms with van der Waals surface area (Å²) < 4.78 is 8.32. The zero-order valence-electron chi connectivity index (χ0n) is 13.2. The van der Waals surface area contributed by atoms with Gasteiger partial charge in [0.05, 0.1) is 18.5 Å². The molecule has 24 heavy (non-hydrogen) atoms. The number of hydrogen-bond donors (Lipinski definition) is 2. The molecule has 0 amide bonds. The van der Waals surface area contributed by atoms with Gasteiger partial charge in [0.15, 0.2) is 5.96 Å². The average Bonchev–Trinajstić information content (AvgIpc) is 3.19. The van der Waals surface area contributed by atoms with Gasteiger partial charge in [-0.25, -0.2) is 4.98 Å². The summed E-state index contributed by atoms with van der Waals surface area (Å²) in [5, 5.41) is 6.52. The van der Waals surface area contributed by atoms with E-state index >= 15 is 0 Å². The second kappa shape index (κ2) is 9.07. The number of guanidine groups is 1. The molecule has 0 aliphatic rings. The fourth-order valence-corrected chi connectivity index (χ4v) is 2.61. The van der Waals surface area contributed by atoms with E-state index in [4.69, 9.17) is 4.42 Å². The number of furan rings is 1. The molecule has 2 N–H and O–H groups in total. The first kappa shape index (κ1) is 18.8. The predicted molar refractivity (Wildman–Crippen MR) is 109 cm³/mol. The molecule has 0 saturated heterocycles. The fourth-order valence-electron chi connectivity index (χ4n) is 2.26. The van der Waals surface area contributed by atoms with Crippen LogP contribution < -0.4 is 10.6 Å². The van der Waals surface area contributed by atoms with Crippen LogP contribution in [-0.4, -0.2) is 28.9 Å². The molecule has 0 saturated carbocycles. The number of nitrogens with one attached hydrogen (secondary N) is 2. The second-order valence-electron chi connectivity index (χ2n) is 5.03. The van der Waals surface area contributed by atoms with Crippen molar-refractivity contribution in [3.63, 3.8) is 0 Å². The summed E-state index contributed by atoms with van der Waals surface area (Å²) in [6, 6.07) is 7.81. The van der Waals surface area contributed by atoms with Crippen molar-refractivity contribution in [2.45, 2.75) is 13.0 Å². The van der Waals surface area contributed by atoms with E-state index in [2.05, 4.69) is 36.5 Å². The van der Waals surface area contributed by atoms with Gasteiger partial charge in [0.2, 0.25) is 0 Å². The molecular weight excluding hydrogens is 485 g/mol. The molecule has 0 aromatic carbocycles. The number of hydrogen-bond acceptors (Lipinski definition) is 3. The fraction of sp³-hybridized carbons (Fsp3) is 0.250. The molecule has 0 aliphatic carbocycles. The normalized spacial score (nSPS) is 11.3. The standard InChI is InChI=1S/C16H18BrN5O.HI/c1-18-16(19-7-6-14-3-2-8-23-14)20-9-13-11-22-10-12(17)4-5-15(22)21-13;/h2-5,8,10-11H,6-7,9H2,1H3,(H2,18,19,20);1H. The summed E-state index contributed by atoms with van der Waals surface area (Å²) in [5.74, 6) is 1.70. The lowest BCUT2D eigenvalue weighted by Gasteiger charge is -2.10. The molecule has 0 aliphatic heterocycles. The van der Waals surface area contributed by atoms with Crippen LogP contribution in [0, 0.1) is 0 Å². The number of aromatic nitrogens is 2. The molecule has 128 valence electrons. The number of pyridine rings is 1. The van der Waals surface area contributed by atoms with Gasteiger partial charge in [0.25, 0.3) is 0 Å². The minimum atomic E-state index is 0. The molecule has 0 radical (unpaired) electrons. The topological polar surface area (TPSA) is 66.9 Å². The van der Waals surface area contributed by atoms with Crippen molar-refractivity contribution in [3.8, 4) is 0 Å². The number of rotatable bonds is 5. The molecule has 0 atom stereocenters. The Kier molecular flexibility index (Phi) is 7.10. The Labute approximate surface area is 165 Å². The smallest absolute Gasteiger partial charge is 0.191 e. The van der Waals surface area contributed by atoms with Crippen LogP contribution in [0.1, 0.15) is 11.5 Å². The highest BCUT2D eigenvalue weighted by Gasteiger charge is 2.04. The summed E-state index contributed by atoms with van der Waals surface area (Å²) in [6.45, 7) is 1.37. The van der Waals surface area contributed by atoms with Crippen LogP contribution >= 0.6 is 39.9 Å². The molecular formula is C16H19BrIN5O. The maximum atomic E-state index is 5.30. The van der Waals surface area contributed by atoms with E-state index in [0.29, 0.717) is 6.54 Å². The zero-order valence-corrected chi connectivity index (χ0v) is 17.1. The van der Waals surface area contributed by atoms with E-state index in [0.717, 1.165) is 40.5 Å². The van der Waals surface area contributed by atoms with Crippen LogP contribution in [0.25, 0.3) is 5.65 Å². The maximum Gasteiger partial charge on any atom is 0.191 e. The van der Waals surface area contributed by atoms with E-state index in [9.17, 15) is 0 Å². The highest BCUT2D eigenvalue weighted by atomic mass is 127. The molecule has 6 nitrogen and oxygen atoms in total. The van der Waals surface area contributed by atoms with Gasteiger partial charge in [-0.15, -0.1) is 24.0 Å². The van der Waals surface area contributed by atoms with Crippen LogP contribution in [-0.2, 0) is 13.0 Å². The summed E-state index contributed by atoms with van der Waals surface area (Å²) in [5.41, 5.74) is 1.88. The summed E-state index contributed by atoms with van der Waals surface area (Å²) in [7, 11) is 1.75. The number of aliphatic imine (C=N–C) groups is 1. The number of nitrogens with zero attached hydrogens (tertiary/aromatic N) is 3. The van der Waals surface area contributed by atoms with Crippen LogP contribution in [0.15, 0.2) is 56.8 Å². The van der Waals surface area contributed by atoms with E-state index < -0.39 is 0 Å². The SMILES string of the molecule is CN=C(NCCc1ccco1)NCc1cn2cc(Br)ccc2n1.I. The Bertz CT molecular complexity index is 800. The Morgan fingerprint density at radius 2 is 2.17 bits per heavy atom. The van der Waals surface area contributed by atoms with E-state index in [-0.39, 0.29) is 24.0 Å². The molecule has 0 fully saturated rings. The number of halogens is 2. The van der Waals surface area contributed by atoms with Crippen molar-refractivity contribution < 1.29 is 4.42 Å².